The first-order chi connectivity index (χ1) is 22.4. The van der Waals surface area contributed by atoms with Gasteiger partial charge in [-0.3, -0.25) is 9.36 Å². The summed E-state index contributed by atoms with van der Waals surface area (Å²) in [5.41, 5.74) is 3.36. The fourth-order valence-electron chi connectivity index (χ4n) is 5.62. The van der Waals surface area contributed by atoms with Gasteiger partial charge in [-0.1, -0.05) is 72.0 Å². The monoisotopic (exact) mass is 650 g/mol. The highest BCUT2D eigenvalue weighted by atomic mass is 32.2. The van der Waals surface area contributed by atoms with Gasteiger partial charge < -0.3 is 14.2 Å². The molecule has 0 fully saturated rings. The second-order valence-electron chi connectivity index (χ2n) is 10.6. The fraction of sp³-hybridized carbons (Fsp3) is 0.216. The molecule has 0 saturated heterocycles. The van der Waals surface area contributed by atoms with Gasteiger partial charge in [0.05, 0.1) is 35.1 Å². The summed E-state index contributed by atoms with van der Waals surface area (Å²) in [6.45, 7) is 6.55. The van der Waals surface area contributed by atoms with Crippen molar-refractivity contribution in [2.45, 2.75) is 38.3 Å². The van der Waals surface area contributed by atoms with Crippen LogP contribution in [0.5, 0.6) is 11.5 Å². The van der Waals surface area contributed by atoms with Crippen LogP contribution in [0.2, 0.25) is 0 Å². The Balaban J connectivity index is 1.37. The molecule has 0 saturated carbocycles. The molecule has 7 nitrogen and oxygen atoms in total. The molecule has 0 spiro atoms. The quantitative estimate of drug-likeness (QED) is 0.124. The van der Waals surface area contributed by atoms with Crippen molar-refractivity contribution in [3.05, 3.63) is 133 Å². The minimum absolute atomic E-state index is 0.224. The molecule has 1 aromatic heterocycles. The molecule has 0 bridgehead atoms. The molecule has 234 valence electrons. The number of hydrogen-bond donors (Lipinski definition) is 0. The molecule has 1 atom stereocenters. The van der Waals surface area contributed by atoms with Gasteiger partial charge in [0.2, 0.25) is 0 Å². The molecule has 6 rings (SSSR count). The number of aromatic nitrogens is 1. The van der Waals surface area contributed by atoms with Crippen LogP contribution in [0, 0.1) is 0 Å². The van der Waals surface area contributed by atoms with Crippen LogP contribution in [0.4, 0.5) is 0 Å². The van der Waals surface area contributed by atoms with E-state index in [0.717, 1.165) is 32.4 Å². The second-order valence-corrected chi connectivity index (χ2v) is 12.5. The van der Waals surface area contributed by atoms with E-state index >= 15 is 0 Å². The Bertz CT molecular complexity index is 2120. The van der Waals surface area contributed by atoms with Crippen molar-refractivity contribution in [2.75, 3.05) is 19.5 Å². The molecule has 0 amide bonds. The summed E-state index contributed by atoms with van der Waals surface area (Å²) >= 11 is 2.92. The standard InChI is InChI=1S/C37H34N2O5S2/c1-5-42-31-20-24(14-19-30(31)44-22-27-12-9-11-25-10-7-8-13-29(25)27)21-32-35(40)39-34(26-15-17-28(45-4)18-16-26)33(36(41)43-6-2)23(3)38-37(39)46-32/h7-21,34H,5-6,22H2,1-4H3/b32-21-/t34-/m1/s1. The molecule has 46 heavy (non-hydrogen) atoms. The molecule has 5 aromatic rings. The van der Waals surface area contributed by atoms with E-state index in [1.165, 1.54) is 11.3 Å². The number of fused-ring (bicyclic) bond motifs is 2. The van der Waals surface area contributed by atoms with E-state index in [1.807, 2.05) is 79.9 Å². The predicted octanol–water partition coefficient (Wildman–Crippen LogP) is 6.65. The van der Waals surface area contributed by atoms with Crippen molar-refractivity contribution in [2.24, 2.45) is 4.99 Å². The van der Waals surface area contributed by atoms with E-state index < -0.39 is 12.0 Å². The zero-order chi connectivity index (χ0) is 32.2. The largest absolute Gasteiger partial charge is 0.490 e. The number of benzene rings is 4. The summed E-state index contributed by atoms with van der Waals surface area (Å²) < 4.78 is 19.7. The van der Waals surface area contributed by atoms with Gasteiger partial charge in [0.1, 0.15) is 6.61 Å². The zero-order valence-electron chi connectivity index (χ0n) is 26.1. The molecule has 0 radical (unpaired) electrons. The first-order valence-electron chi connectivity index (χ1n) is 15.1. The predicted molar refractivity (Wildman–Crippen MR) is 185 cm³/mol. The van der Waals surface area contributed by atoms with Crippen LogP contribution >= 0.6 is 23.1 Å². The highest BCUT2D eigenvalue weighted by Crippen LogP contribution is 2.33. The summed E-state index contributed by atoms with van der Waals surface area (Å²) in [5, 5.41) is 2.31. The van der Waals surface area contributed by atoms with E-state index in [9.17, 15) is 9.59 Å². The van der Waals surface area contributed by atoms with Crippen molar-refractivity contribution in [1.82, 2.24) is 4.57 Å². The lowest BCUT2D eigenvalue weighted by atomic mass is 9.96. The van der Waals surface area contributed by atoms with Crippen molar-refractivity contribution < 1.29 is 19.0 Å². The van der Waals surface area contributed by atoms with Crippen LogP contribution in [0.1, 0.15) is 43.5 Å². The van der Waals surface area contributed by atoms with Crippen molar-refractivity contribution >= 4 is 45.9 Å². The van der Waals surface area contributed by atoms with Gasteiger partial charge in [0.15, 0.2) is 16.3 Å². The summed E-state index contributed by atoms with van der Waals surface area (Å²) in [6, 6.07) is 27.3. The van der Waals surface area contributed by atoms with E-state index in [1.54, 1.807) is 30.2 Å². The van der Waals surface area contributed by atoms with Gasteiger partial charge in [0.25, 0.3) is 5.56 Å². The summed E-state index contributed by atoms with van der Waals surface area (Å²) in [6.07, 6.45) is 3.84. The van der Waals surface area contributed by atoms with Crippen LogP contribution in [0.25, 0.3) is 16.8 Å². The van der Waals surface area contributed by atoms with Crippen molar-refractivity contribution in [1.29, 1.82) is 0 Å². The van der Waals surface area contributed by atoms with Crippen LogP contribution in [0.15, 0.2) is 111 Å². The summed E-state index contributed by atoms with van der Waals surface area (Å²) in [4.78, 5) is 33.5. The Morgan fingerprint density at radius 3 is 2.50 bits per heavy atom. The second kappa shape index (κ2) is 13.8. The lowest BCUT2D eigenvalue weighted by molar-refractivity contribution is -0.139. The third-order valence-corrected chi connectivity index (χ3v) is 9.50. The number of esters is 1. The highest BCUT2D eigenvalue weighted by Gasteiger charge is 2.33. The number of carbonyl (C=O) groups excluding carboxylic acids is 1. The molecule has 0 N–H and O–H groups in total. The van der Waals surface area contributed by atoms with Gasteiger partial charge >= 0.3 is 5.97 Å². The topological polar surface area (TPSA) is 79.1 Å². The van der Waals surface area contributed by atoms with Gasteiger partial charge in [-0.2, -0.15) is 0 Å². The number of thioether (sulfide) groups is 1. The molecule has 1 aliphatic rings. The Morgan fingerprint density at radius 2 is 1.74 bits per heavy atom. The SMILES string of the molecule is CCOC(=O)C1=C(C)N=c2s/c(=C\c3ccc(OCc4cccc5ccccc45)c(OCC)c3)c(=O)n2[C@@H]1c1ccc(SC)cc1. The third kappa shape index (κ3) is 6.25. The molecule has 0 aliphatic carbocycles. The van der Waals surface area contributed by atoms with Gasteiger partial charge in [0, 0.05) is 4.90 Å². The van der Waals surface area contributed by atoms with Crippen LogP contribution in [0.3, 0.4) is 0 Å². The van der Waals surface area contributed by atoms with E-state index in [0.29, 0.717) is 45.3 Å². The molecular weight excluding hydrogens is 617 g/mol. The number of ether oxygens (including phenoxy) is 3. The lowest BCUT2D eigenvalue weighted by Crippen LogP contribution is -2.39. The number of allylic oxidation sites excluding steroid dienone is 1. The lowest BCUT2D eigenvalue weighted by Gasteiger charge is -2.24. The first kappa shape index (κ1) is 31.4. The molecule has 2 heterocycles. The number of rotatable bonds is 10. The normalized spacial score (nSPS) is 14.6. The summed E-state index contributed by atoms with van der Waals surface area (Å²) in [7, 11) is 0. The van der Waals surface area contributed by atoms with Crippen LogP contribution < -0.4 is 24.4 Å². The Morgan fingerprint density at radius 1 is 0.957 bits per heavy atom. The Labute approximate surface area is 275 Å². The van der Waals surface area contributed by atoms with E-state index in [-0.39, 0.29) is 12.2 Å². The number of thiazole rings is 1. The van der Waals surface area contributed by atoms with E-state index in [4.69, 9.17) is 19.2 Å². The average molecular weight is 651 g/mol. The Hall–Kier alpha value is -4.60. The van der Waals surface area contributed by atoms with Gasteiger partial charge in [-0.05, 0) is 84.8 Å². The van der Waals surface area contributed by atoms with Gasteiger partial charge in [-0.15, -0.1) is 11.8 Å². The van der Waals surface area contributed by atoms with Crippen LogP contribution in [-0.4, -0.2) is 30.0 Å². The fourth-order valence-corrected chi connectivity index (χ4v) is 7.08. The summed E-state index contributed by atoms with van der Waals surface area (Å²) in [5.74, 6) is 0.741. The molecule has 1 aliphatic heterocycles. The molecule has 4 aromatic carbocycles. The molecular formula is C37H34N2O5S2. The maximum atomic E-state index is 14.0. The smallest absolute Gasteiger partial charge is 0.338 e. The van der Waals surface area contributed by atoms with Crippen molar-refractivity contribution in [3.8, 4) is 11.5 Å². The molecule has 0 unspecified atom stereocenters. The number of carbonyl (C=O) groups is 1. The maximum Gasteiger partial charge on any atom is 0.338 e. The molecule has 9 heteroatoms. The van der Waals surface area contributed by atoms with Crippen molar-refractivity contribution in [3.63, 3.8) is 0 Å². The zero-order valence-corrected chi connectivity index (χ0v) is 27.7. The minimum Gasteiger partial charge on any atom is -0.490 e. The highest BCUT2D eigenvalue weighted by molar-refractivity contribution is 7.98. The van der Waals surface area contributed by atoms with E-state index in [2.05, 4.69) is 24.3 Å². The van der Waals surface area contributed by atoms with Crippen LogP contribution in [-0.2, 0) is 16.1 Å². The average Bonchev–Trinajstić information content (AvgIpc) is 3.37. The maximum absolute atomic E-state index is 14.0. The Kier molecular flexibility index (Phi) is 9.42. The number of hydrogen-bond acceptors (Lipinski definition) is 8. The minimum atomic E-state index is -0.655. The number of nitrogens with zero attached hydrogens (tertiary/aromatic N) is 2. The van der Waals surface area contributed by atoms with Gasteiger partial charge in [-0.25, -0.2) is 9.79 Å². The third-order valence-electron chi connectivity index (χ3n) is 7.78. The first-order valence-corrected chi connectivity index (χ1v) is 17.2.